The molecule has 3 atom stereocenters. The summed E-state index contributed by atoms with van der Waals surface area (Å²) in [6.07, 6.45) is 1.13. The fourth-order valence-electron chi connectivity index (χ4n) is 5.40. The monoisotopic (exact) mass is 586 g/mol. The average Bonchev–Trinajstić information content (AvgIpc) is 2.86. The lowest BCUT2D eigenvalue weighted by atomic mass is 9.70. The molecule has 8 heteroatoms. The first-order valence-electron chi connectivity index (χ1n) is 12.0. The number of nitrogens with zero attached hydrogens (tertiary/aromatic N) is 1. The number of aliphatic hydroxyl groups is 1. The molecule has 1 aliphatic heterocycles. The number of nitrogens with one attached hydrogen (secondary N) is 1. The molecule has 1 aromatic heterocycles. The molecule has 2 heterocycles. The number of piperidine rings is 1. The number of hydrogen-bond donors (Lipinski definition) is 2. The van der Waals surface area contributed by atoms with Crippen LogP contribution < -0.4 is 10.1 Å². The Morgan fingerprint density at radius 2 is 1.92 bits per heavy atom. The van der Waals surface area contributed by atoms with Crippen molar-refractivity contribution < 1.29 is 18.6 Å². The smallest absolute Gasteiger partial charge is 0.217 e. The van der Waals surface area contributed by atoms with Gasteiger partial charge < -0.3 is 15.2 Å². The third-order valence-electron chi connectivity index (χ3n) is 7.09. The molecule has 192 valence electrons. The van der Waals surface area contributed by atoms with Crippen LogP contribution in [0.15, 0.2) is 71.2 Å². The largest absolute Gasteiger partial charge is 0.481 e. The summed E-state index contributed by atoms with van der Waals surface area (Å²) in [5.41, 5.74) is 1.61. The van der Waals surface area contributed by atoms with Gasteiger partial charge in [-0.25, -0.2) is 13.8 Å². The maximum Gasteiger partial charge on any atom is 0.217 e. The Morgan fingerprint density at radius 3 is 2.65 bits per heavy atom. The zero-order valence-electron chi connectivity index (χ0n) is 20.1. The van der Waals surface area contributed by atoms with Gasteiger partial charge in [0.1, 0.15) is 11.6 Å². The van der Waals surface area contributed by atoms with Crippen molar-refractivity contribution in [1.82, 2.24) is 10.3 Å². The van der Waals surface area contributed by atoms with E-state index in [1.807, 2.05) is 36.4 Å². The number of pyridine rings is 1. The Balaban J connectivity index is 1.59. The molecule has 5 rings (SSSR count). The van der Waals surface area contributed by atoms with Crippen LogP contribution in [0.3, 0.4) is 0 Å². The summed E-state index contributed by atoms with van der Waals surface area (Å²) in [5, 5.41) is 17.2. The predicted octanol–water partition coefficient (Wildman–Crippen LogP) is 6.80. The lowest BCUT2D eigenvalue weighted by Crippen LogP contribution is -2.52. The van der Waals surface area contributed by atoms with Gasteiger partial charge in [-0.3, -0.25) is 0 Å². The second kappa shape index (κ2) is 10.7. The summed E-state index contributed by atoms with van der Waals surface area (Å²) in [6, 6.07) is 18.6. The van der Waals surface area contributed by atoms with E-state index in [0.29, 0.717) is 42.3 Å². The summed E-state index contributed by atoms with van der Waals surface area (Å²) in [6.45, 7) is 0.531. The van der Waals surface area contributed by atoms with Gasteiger partial charge in [0.2, 0.25) is 5.88 Å². The van der Waals surface area contributed by atoms with Gasteiger partial charge in [0, 0.05) is 38.5 Å². The minimum Gasteiger partial charge on any atom is -0.481 e. The molecule has 2 N–H and O–H groups in total. The van der Waals surface area contributed by atoms with Gasteiger partial charge in [0.25, 0.3) is 0 Å². The lowest BCUT2D eigenvalue weighted by Gasteiger charge is -2.43. The normalized spacial score (nSPS) is 20.6. The molecule has 3 aromatic carbocycles. The number of rotatable bonds is 6. The highest BCUT2D eigenvalue weighted by Crippen LogP contribution is 2.45. The van der Waals surface area contributed by atoms with Crippen LogP contribution in [0.25, 0.3) is 10.9 Å². The Morgan fingerprint density at radius 1 is 1.14 bits per heavy atom. The number of halogens is 4. The van der Waals surface area contributed by atoms with Crippen LogP contribution in [0.4, 0.5) is 8.78 Å². The second-order valence-corrected chi connectivity index (χ2v) is 10.9. The van der Waals surface area contributed by atoms with E-state index in [4.69, 9.17) is 21.3 Å². The molecule has 37 heavy (non-hydrogen) atoms. The zero-order chi connectivity index (χ0) is 26.2. The highest BCUT2D eigenvalue weighted by Gasteiger charge is 2.44. The van der Waals surface area contributed by atoms with E-state index in [9.17, 15) is 13.9 Å². The van der Waals surface area contributed by atoms with Crippen molar-refractivity contribution in [3.05, 3.63) is 105 Å². The first-order valence-corrected chi connectivity index (χ1v) is 13.2. The van der Waals surface area contributed by atoms with Crippen molar-refractivity contribution in [2.75, 3.05) is 13.7 Å². The molecule has 0 bridgehead atoms. The molecule has 0 spiro atoms. The fraction of sp³-hybridized carbons (Fsp3) is 0.276. The summed E-state index contributed by atoms with van der Waals surface area (Å²) in [7, 11) is 1.57. The van der Waals surface area contributed by atoms with E-state index in [0.717, 1.165) is 32.6 Å². The minimum atomic E-state index is -1.20. The van der Waals surface area contributed by atoms with E-state index in [-0.39, 0.29) is 6.04 Å². The van der Waals surface area contributed by atoms with Crippen LogP contribution in [0.2, 0.25) is 5.02 Å². The molecular formula is C29H26BrClF2N2O2. The number of hydrogen-bond acceptors (Lipinski definition) is 4. The van der Waals surface area contributed by atoms with Crippen LogP contribution in [0.5, 0.6) is 5.88 Å². The molecule has 4 aromatic rings. The topological polar surface area (TPSA) is 54.4 Å². The van der Waals surface area contributed by atoms with Crippen molar-refractivity contribution in [2.24, 2.45) is 0 Å². The molecule has 0 radical (unpaired) electrons. The van der Waals surface area contributed by atoms with E-state index >= 15 is 0 Å². The number of ether oxygens (including phenoxy) is 1. The van der Waals surface area contributed by atoms with Gasteiger partial charge in [-0.1, -0.05) is 45.7 Å². The third-order valence-corrected chi connectivity index (χ3v) is 7.83. The molecule has 1 fully saturated rings. The summed E-state index contributed by atoms with van der Waals surface area (Å²) in [5.74, 6) is -1.25. The van der Waals surface area contributed by atoms with Gasteiger partial charge in [0.15, 0.2) is 0 Å². The Labute approximate surface area is 227 Å². The zero-order valence-corrected chi connectivity index (χ0v) is 22.5. The van der Waals surface area contributed by atoms with Crippen molar-refractivity contribution in [3.8, 4) is 5.88 Å². The molecule has 0 amide bonds. The van der Waals surface area contributed by atoms with E-state index in [1.165, 1.54) is 12.1 Å². The number of aromatic nitrogens is 1. The SMILES string of the molecule is COc1nc2ccc(Br)cc2cc1C(c1ccc(Cl)cc1)C1(O)CCN[C@H](Cc2ccc(F)cc2F)C1. The quantitative estimate of drug-likeness (QED) is 0.261. The number of methoxy groups -OCH3 is 1. The summed E-state index contributed by atoms with van der Waals surface area (Å²) in [4.78, 5) is 4.75. The molecule has 4 nitrogen and oxygen atoms in total. The van der Waals surface area contributed by atoms with Gasteiger partial charge in [-0.2, -0.15) is 0 Å². The lowest BCUT2D eigenvalue weighted by molar-refractivity contribution is -0.0191. The Kier molecular flexibility index (Phi) is 7.50. The van der Waals surface area contributed by atoms with Crippen LogP contribution in [0.1, 0.15) is 35.4 Å². The van der Waals surface area contributed by atoms with Crippen LogP contribution >= 0.6 is 27.5 Å². The molecule has 1 aliphatic rings. The van der Waals surface area contributed by atoms with E-state index in [1.54, 1.807) is 19.2 Å². The maximum absolute atomic E-state index is 14.4. The average molecular weight is 588 g/mol. The molecular weight excluding hydrogens is 562 g/mol. The predicted molar refractivity (Wildman–Crippen MR) is 145 cm³/mol. The molecule has 0 saturated carbocycles. The van der Waals surface area contributed by atoms with Crippen LogP contribution in [-0.4, -0.2) is 35.4 Å². The highest BCUT2D eigenvalue weighted by molar-refractivity contribution is 9.10. The van der Waals surface area contributed by atoms with Gasteiger partial charge in [-0.15, -0.1) is 0 Å². The van der Waals surface area contributed by atoms with Crippen molar-refractivity contribution >= 4 is 38.4 Å². The van der Waals surface area contributed by atoms with Crippen molar-refractivity contribution in [2.45, 2.75) is 36.8 Å². The standard InChI is InChI=1S/C29H26BrClF2N2O2/c1-37-28-24(14-19-12-20(30)5-9-26(19)35-28)27(17-2-6-21(31)7-3-17)29(36)10-11-34-23(16-29)13-18-4-8-22(32)15-25(18)33/h2-9,12,14-15,23,27,34,36H,10-11,13,16H2,1H3/t23-,27?,29?/m1/s1. The fourth-order valence-corrected chi connectivity index (χ4v) is 5.91. The summed E-state index contributed by atoms with van der Waals surface area (Å²) >= 11 is 9.73. The first-order chi connectivity index (χ1) is 17.8. The first kappa shape index (κ1) is 26.0. The van der Waals surface area contributed by atoms with Crippen LogP contribution in [0, 0.1) is 11.6 Å². The molecule has 2 unspecified atom stereocenters. The minimum absolute atomic E-state index is 0.220. The van der Waals surface area contributed by atoms with Gasteiger partial charge in [-0.05, 0) is 79.4 Å². The molecule has 1 saturated heterocycles. The van der Waals surface area contributed by atoms with E-state index in [2.05, 4.69) is 21.2 Å². The van der Waals surface area contributed by atoms with Crippen molar-refractivity contribution in [1.29, 1.82) is 0 Å². The number of benzene rings is 3. The number of fused-ring (bicyclic) bond motifs is 1. The highest BCUT2D eigenvalue weighted by atomic mass is 79.9. The van der Waals surface area contributed by atoms with Crippen molar-refractivity contribution in [3.63, 3.8) is 0 Å². The molecule has 0 aliphatic carbocycles. The Bertz CT molecular complexity index is 1440. The van der Waals surface area contributed by atoms with Gasteiger partial charge >= 0.3 is 0 Å². The third kappa shape index (κ3) is 5.50. The summed E-state index contributed by atoms with van der Waals surface area (Å²) < 4.78 is 34.5. The van der Waals surface area contributed by atoms with Gasteiger partial charge in [0.05, 0.1) is 18.2 Å². The Hall–Kier alpha value is -2.58. The maximum atomic E-state index is 14.4. The van der Waals surface area contributed by atoms with Crippen LogP contribution in [-0.2, 0) is 6.42 Å². The second-order valence-electron chi connectivity index (χ2n) is 9.56. The van der Waals surface area contributed by atoms with E-state index < -0.39 is 23.2 Å².